The molecular weight excluding hydrogens is 298 g/mol. The first-order valence-electron chi connectivity index (χ1n) is 7.58. The number of carbonyl (C=O) groups excluding carboxylic acids is 1. The molecule has 4 nitrogen and oxygen atoms in total. The van der Waals surface area contributed by atoms with Crippen LogP contribution in [-0.2, 0) is 13.0 Å². The normalized spacial score (nSPS) is 11.0. The molecule has 118 valence electrons. The lowest BCUT2D eigenvalue weighted by molar-refractivity contribution is 0.0746. The quantitative estimate of drug-likeness (QED) is 0.877. The molecule has 0 saturated carbocycles. The largest absolute Gasteiger partial charge is 0.333 e. The molecule has 0 aliphatic rings. The monoisotopic (exact) mass is 319 g/mol. The molecule has 1 heterocycles. The Labute approximate surface area is 136 Å². The van der Waals surface area contributed by atoms with Crippen LogP contribution >= 0.6 is 11.6 Å². The molecule has 0 fully saturated rings. The predicted octanol–water partition coefficient (Wildman–Crippen LogP) is 3.92. The zero-order chi connectivity index (χ0) is 16.1. The summed E-state index contributed by atoms with van der Waals surface area (Å²) < 4.78 is 0. The van der Waals surface area contributed by atoms with Gasteiger partial charge >= 0.3 is 0 Å². The maximum absolute atomic E-state index is 12.6. The Balaban J connectivity index is 2.12. The lowest BCUT2D eigenvalue weighted by atomic mass is 10.1. The summed E-state index contributed by atoms with van der Waals surface area (Å²) in [4.78, 5) is 14.3. The van der Waals surface area contributed by atoms with E-state index in [1.807, 2.05) is 37.3 Å². The molecule has 1 N–H and O–H groups in total. The van der Waals surface area contributed by atoms with Crippen LogP contribution in [0.2, 0.25) is 5.02 Å². The van der Waals surface area contributed by atoms with Gasteiger partial charge in [-0.3, -0.25) is 9.89 Å². The summed E-state index contributed by atoms with van der Waals surface area (Å²) in [5, 5.41) is 7.78. The molecule has 0 unspecified atom stereocenters. The number of H-pyrrole nitrogens is 1. The van der Waals surface area contributed by atoms with Crippen LogP contribution in [0.4, 0.5) is 0 Å². The third kappa shape index (κ3) is 4.10. The van der Waals surface area contributed by atoms with Gasteiger partial charge in [0.2, 0.25) is 0 Å². The predicted molar refractivity (Wildman–Crippen MR) is 89.0 cm³/mol. The maximum atomic E-state index is 12.6. The van der Waals surface area contributed by atoms with Crippen molar-refractivity contribution < 1.29 is 4.79 Å². The summed E-state index contributed by atoms with van der Waals surface area (Å²) in [6.07, 6.45) is 0.886. The van der Waals surface area contributed by atoms with Gasteiger partial charge in [0.25, 0.3) is 5.91 Å². The van der Waals surface area contributed by atoms with Crippen molar-refractivity contribution in [1.82, 2.24) is 15.1 Å². The number of amides is 1. The van der Waals surface area contributed by atoms with E-state index in [9.17, 15) is 4.79 Å². The van der Waals surface area contributed by atoms with E-state index in [4.69, 9.17) is 11.6 Å². The Hall–Kier alpha value is -1.81. The molecule has 0 bridgehead atoms. The number of benzene rings is 1. The second-order valence-corrected chi connectivity index (χ2v) is 6.19. The highest BCUT2D eigenvalue weighted by atomic mass is 35.5. The highest BCUT2D eigenvalue weighted by Gasteiger charge is 2.18. The van der Waals surface area contributed by atoms with Crippen molar-refractivity contribution in [1.29, 1.82) is 0 Å². The van der Waals surface area contributed by atoms with Gasteiger partial charge in [-0.05, 0) is 37.0 Å². The highest BCUT2D eigenvalue weighted by Crippen LogP contribution is 2.18. The van der Waals surface area contributed by atoms with Crippen LogP contribution in [0.5, 0.6) is 0 Å². The van der Waals surface area contributed by atoms with E-state index < -0.39 is 0 Å². The molecule has 2 aromatic rings. The fourth-order valence-corrected chi connectivity index (χ4v) is 2.53. The molecule has 0 atom stereocenters. The zero-order valence-corrected chi connectivity index (χ0v) is 14.0. The maximum Gasteiger partial charge on any atom is 0.274 e. The number of rotatable bonds is 6. The average molecular weight is 320 g/mol. The second-order valence-electron chi connectivity index (χ2n) is 5.79. The van der Waals surface area contributed by atoms with Crippen LogP contribution in [0.1, 0.15) is 42.5 Å². The summed E-state index contributed by atoms with van der Waals surface area (Å²) in [5.74, 6) is 0.447. The van der Waals surface area contributed by atoms with E-state index in [2.05, 4.69) is 24.0 Å². The standard InChI is InChI=1S/C17H22ClN3O/c1-4-21(11-13-7-5-6-8-15(13)18)17(22)16-10-14(19-20-16)9-12(2)3/h5-8,10,12H,4,9,11H2,1-3H3,(H,19,20). The minimum Gasteiger partial charge on any atom is -0.333 e. The van der Waals surface area contributed by atoms with Crippen LogP contribution in [0.3, 0.4) is 0 Å². The first-order valence-corrected chi connectivity index (χ1v) is 7.96. The first kappa shape index (κ1) is 16.6. The Morgan fingerprint density at radius 3 is 2.73 bits per heavy atom. The Morgan fingerprint density at radius 1 is 1.36 bits per heavy atom. The number of nitrogens with one attached hydrogen (secondary N) is 1. The van der Waals surface area contributed by atoms with E-state index in [0.29, 0.717) is 29.7 Å². The molecule has 0 radical (unpaired) electrons. The molecule has 2 rings (SSSR count). The van der Waals surface area contributed by atoms with Crippen LogP contribution in [0.25, 0.3) is 0 Å². The van der Waals surface area contributed by atoms with Gasteiger partial charge < -0.3 is 4.90 Å². The van der Waals surface area contributed by atoms with Gasteiger partial charge in [-0.15, -0.1) is 0 Å². The lowest BCUT2D eigenvalue weighted by Crippen LogP contribution is -2.30. The van der Waals surface area contributed by atoms with Gasteiger partial charge in [0.15, 0.2) is 0 Å². The Morgan fingerprint density at radius 2 is 2.09 bits per heavy atom. The number of hydrogen-bond acceptors (Lipinski definition) is 2. The average Bonchev–Trinajstić information content (AvgIpc) is 2.93. The molecule has 1 aromatic heterocycles. The number of halogens is 1. The molecule has 22 heavy (non-hydrogen) atoms. The van der Waals surface area contributed by atoms with Gasteiger partial charge in [0, 0.05) is 23.8 Å². The van der Waals surface area contributed by atoms with E-state index in [0.717, 1.165) is 17.7 Å². The highest BCUT2D eigenvalue weighted by molar-refractivity contribution is 6.31. The minimum atomic E-state index is -0.0753. The van der Waals surface area contributed by atoms with Crippen molar-refractivity contribution >= 4 is 17.5 Å². The van der Waals surface area contributed by atoms with Gasteiger partial charge in [0.1, 0.15) is 5.69 Å². The fraction of sp³-hybridized carbons (Fsp3) is 0.412. The second kappa shape index (κ2) is 7.45. The van der Waals surface area contributed by atoms with Gasteiger partial charge in [-0.1, -0.05) is 43.6 Å². The SMILES string of the molecule is CCN(Cc1ccccc1Cl)C(=O)c1cc(CC(C)C)[nH]n1. The minimum absolute atomic E-state index is 0.0753. The van der Waals surface area contributed by atoms with Gasteiger partial charge in [-0.25, -0.2) is 0 Å². The molecule has 1 aromatic carbocycles. The zero-order valence-electron chi connectivity index (χ0n) is 13.3. The van der Waals surface area contributed by atoms with E-state index in [1.165, 1.54) is 0 Å². The van der Waals surface area contributed by atoms with Crippen molar-refractivity contribution in [3.63, 3.8) is 0 Å². The summed E-state index contributed by atoms with van der Waals surface area (Å²) >= 11 is 6.18. The smallest absolute Gasteiger partial charge is 0.274 e. The molecule has 0 aliphatic carbocycles. The fourth-order valence-electron chi connectivity index (χ4n) is 2.34. The number of carbonyl (C=O) groups is 1. The number of aromatic nitrogens is 2. The first-order chi connectivity index (χ1) is 10.5. The van der Waals surface area contributed by atoms with Gasteiger partial charge in [-0.2, -0.15) is 5.10 Å². The van der Waals surface area contributed by atoms with Crippen LogP contribution < -0.4 is 0 Å². The lowest BCUT2D eigenvalue weighted by Gasteiger charge is -2.20. The summed E-state index contributed by atoms with van der Waals surface area (Å²) in [6, 6.07) is 9.43. The molecular formula is C17H22ClN3O. The molecule has 0 saturated heterocycles. The number of hydrogen-bond donors (Lipinski definition) is 1. The molecule has 0 spiro atoms. The van der Waals surface area contributed by atoms with E-state index in [1.54, 1.807) is 4.90 Å². The van der Waals surface area contributed by atoms with Crippen LogP contribution in [0.15, 0.2) is 30.3 Å². The summed E-state index contributed by atoms with van der Waals surface area (Å²) in [6.45, 7) is 7.32. The number of aromatic amines is 1. The molecule has 1 amide bonds. The van der Waals surface area contributed by atoms with Crippen molar-refractivity contribution in [2.24, 2.45) is 5.92 Å². The molecule has 0 aliphatic heterocycles. The topological polar surface area (TPSA) is 49.0 Å². The third-order valence-electron chi connectivity index (χ3n) is 3.47. The van der Waals surface area contributed by atoms with E-state index >= 15 is 0 Å². The summed E-state index contributed by atoms with van der Waals surface area (Å²) in [5.41, 5.74) is 2.40. The summed E-state index contributed by atoms with van der Waals surface area (Å²) in [7, 11) is 0. The Kier molecular flexibility index (Phi) is 5.61. The van der Waals surface area contributed by atoms with Crippen molar-refractivity contribution in [2.45, 2.75) is 33.7 Å². The van der Waals surface area contributed by atoms with Crippen molar-refractivity contribution in [3.05, 3.63) is 52.3 Å². The molecule has 5 heteroatoms. The van der Waals surface area contributed by atoms with Gasteiger partial charge in [0.05, 0.1) is 0 Å². The van der Waals surface area contributed by atoms with Crippen LogP contribution in [-0.4, -0.2) is 27.5 Å². The van der Waals surface area contributed by atoms with E-state index in [-0.39, 0.29) is 5.91 Å². The van der Waals surface area contributed by atoms with Crippen LogP contribution in [0, 0.1) is 5.92 Å². The van der Waals surface area contributed by atoms with Crippen molar-refractivity contribution in [2.75, 3.05) is 6.54 Å². The third-order valence-corrected chi connectivity index (χ3v) is 3.83. The van der Waals surface area contributed by atoms with Crippen molar-refractivity contribution in [3.8, 4) is 0 Å². The number of nitrogens with zero attached hydrogens (tertiary/aromatic N) is 2. The Bertz CT molecular complexity index is 636.